The highest BCUT2D eigenvalue weighted by Gasteiger charge is 2.51. The van der Waals surface area contributed by atoms with Gasteiger partial charge in [-0.25, -0.2) is 0 Å². The molecule has 2 aliphatic heterocycles. The number of unbranched alkanes of at least 4 members (excludes halogenated alkanes) is 50. The van der Waals surface area contributed by atoms with Gasteiger partial charge in [0.15, 0.2) is 12.6 Å². The van der Waals surface area contributed by atoms with Crippen LogP contribution in [-0.4, -0.2) is 140 Å². The molecular formula is C81H153NO13. The average molecular weight is 1350 g/mol. The van der Waals surface area contributed by atoms with E-state index in [4.69, 9.17) is 18.9 Å². The number of nitrogens with one attached hydrogen (secondary N) is 1. The number of aliphatic hydroxyl groups is 8. The standard InChI is InChI=1S/C81H153NO13/c1-3-5-7-9-11-13-15-17-19-21-23-25-27-29-31-33-35-37-39-41-43-45-47-49-51-53-55-57-59-61-63-65-73(86)82-69(68-92-80-78(91)76(89)79(72(67-84)94-80)95-81-77(90)75(88)74(87)71(66-83)93-81)70(85)64-62-60-58-56-54-52-50-48-46-44-42-40-38-36-34-32-30-28-26-24-22-20-18-16-14-12-10-8-6-4-2/h15,17,21,23,27,29,69-72,74-81,83-85,87-91H,3-14,16,18-20,22,24-26,28,30-68H2,1-2H3,(H,82,86)/b17-15-,23-21-,29-27-. The minimum atomic E-state index is -1.78. The summed E-state index contributed by atoms with van der Waals surface area (Å²) in [6.45, 7) is 2.92. The van der Waals surface area contributed by atoms with Gasteiger partial charge in [0.2, 0.25) is 5.91 Å². The van der Waals surface area contributed by atoms with E-state index in [0.717, 1.165) is 64.2 Å². The Kier molecular flexibility index (Phi) is 61.6. The van der Waals surface area contributed by atoms with Crippen LogP contribution in [0.1, 0.15) is 380 Å². The number of hydrogen-bond donors (Lipinski definition) is 9. The molecule has 14 heteroatoms. The minimum absolute atomic E-state index is 0.200. The molecule has 0 radical (unpaired) electrons. The van der Waals surface area contributed by atoms with Crippen LogP contribution in [0, 0.1) is 0 Å². The fraction of sp³-hybridized carbons (Fsp3) is 0.914. The molecule has 0 aromatic heterocycles. The van der Waals surface area contributed by atoms with Gasteiger partial charge in [-0.1, -0.05) is 359 Å². The molecular weight excluding hydrogens is 1190 g/mol. The summed E-state index contributed by atoms with van der Waals surface area (Å²) < 4.78 is 23.0. The van der Waals surface area contributed by atoms with Crippen LogP contribution in [0.4, 0.5) is 0 Å². The van der Waals surface area contributed by atoms with Crippen molar-refractivity contribution in [3.63, 3.8) is 0 Å². The monoisotopic (exact) mass is 1350 g/mol. The Morgan fingerprint density at radius 1 is 0.379 bits per heavy atom. The molecule has 0 aliphatic carbocycles. The van der Waals surface area contributed by atoms with E-state index >= 15 is 0 Å². The topological polar surface area (TPSA) is 228 Å². The van der Waals surface area contributed by atoms with Gasteiger partial charge in [-0.15, -0.1) is 0 Å². The molecule has 0 bridgehead atoms. The SMILES string of the molecule is CCCCCCC/C=C\C/C=C\C/C=C\CCCCCCCCCCCCCCCCCCC(=O)NC(COC1OC(CO)C(OC2OC(CO)C(O)C(O)C2O)C(O)C1O)C(O)CCCCCCCCCCCCCCCCCCCCCCCCCCCCCCCC. The zero-order valence-corrected chi connectivity index (χ0v) is 61.4. The number of ether oxygens (including phenoxy) is 4. The first-order chi connectivity index (χ1) is 46.6. The Bertz CT molecular complexity index is 1730. The number of hydrogen-bond acceptors (Lipinski definition) is 13. The number of rotatable bonds is 69. The maximum absolute atomic E-state index is 13.4. The van der Waals surface area contributed by atoms with E-state index in [1.807, 2.05) is 0 Å². The first-order valence-corrected chi connectivity index (χ1v) is 40.7. The van der Waals surface area contributed by atoms with Crippen molar-refractivity contribution in [2.75, 3.05) is 19.8 Å². The summed E-state index contributed by atoms with van der Waals surface area (Å²) in [5, 5.41) is 87.9. The van der Waals surface area contributed by atoms with E-state index in [-0.39, 0.29) is 12.5 Å². The van der Waals surface area contributed by atoms with Crippen LogP contribution in [0.2, 0.25) is 0 Å². The molecule has 14 nitrogen and oxygen atoms in total. The summed E-state index contributed by atoms with van der Waals surface area (Å²) >= 11 is 0. The summed E-state index contributed by atoms with van der Waals surface area (Å²) in [5.74, 6) is -0.200. The Balaban J connectivity index is 1.60. The Labute approximate surface area is 582 Å². The van der Waals surface area contributed by atoms with E-state index in [1.165, 1.54) is 289 Å². The highest BCUT2D eigenvalue weighted by Crippen LogP contribution is 2.30. The number of amides is 1. The third-order valence-corrected chi connectivity index (χ3v) is 20.1. The third-order valence-electron chi connectivity index (χ3n) is 20.1. The van der Waals surface area contributed by atoms with E-state index in [2.05, 4.69) is 55.6 Å². The van der Waals surface area contributed by atoms with Gasteiger partial charge in [0.05, 0.1) is 32.0 Å². The van der Waals surface area contributed by atoms with Gasteiger partial charge >= 0.3 is 0 Å². The summed E-state index contributed by atoms with van der Waals surface area (Å²) in [7, 11) is 0. The summed E-state index contributed by atoms with van der Waals surface area (Å²) in [4.78, 5) is 13.4. The molecule has 1 amide bonds. The average Bonchev–Trinajstić information content (AvgIpc) is 0.801. The molecule has 0 aromatic carbocycles. The van der Waals surface area contributed by atoms with Gasteiger partial charge < -0.3 is 65.1 Å². The van der Waals surface area contributed by atoms with Crippen LogP contribution in [0.15, 0.2) is 36.5 Å². The quantitative estimate of drug-likeness (QED) is 0.0204. The fourth-order valence-electron chi connectivity index (χ4n) is 13.7. The molecule has 2 heterocycles. The van der Waals surface area contributed by atoms with Crippen LogP contribution in [0.25, 0.3) is 0 Å². The maximum atomic E-state index is 13.4. The molecule has 2 rings (SSSR count). The molecule has 2 fully saturated rings. The second kappa shape index (κ2) is 65.5. The summed E-state index contributed by atoms with van der Waals surface area (Å²) in [6.07, 6.45) is 69.0. The summed E-state index contributed by atoms with van der Waals surface area (Å²) in [5.41, 5.74) is 0. The van der Waals surface area contributed by atoms with Crippen molar-refractivity contribution in [2.45, 2.75) is 453 Å². The van der Waals surface area contributed by atoms with Crippen molar-refractivity contribution in [1.82, 2.24) is 5.32 Å². The molecule has 12 atom stereocenters. The largest absolute Gasteiger partial charge is 0.394 e. The van der Waals surface area contributed by atoms with Gasteiger partial charge in [0, 0.05) is 6.42 Å². The Morgan fingerprint density at radius 3 is 1.06 bits per heavy atom. The maximum Gasteiger partial charge on any atom is 0.220 e. The van der Waals surface area contributed by atoms with Gasteiger partial charge in [-0.3, -0.25) is 4.79 Å². The molecule has 95 heavy (non-hydrogen) atoms. The van der Waals surface area contributed by atoms with E-state index in [0.29, 0.717) is 12.8 Å². The van der Waals surface area contributed by atoms with Gasteiger partial charge in [0.25, 0.3) is 0 Å². The Morgan fingerprint density at radius 2 is 0.695 bits per heavy atom. The van der Waals surface area contributed by atoms with Crippen LogP contribution in [0.3, 0.4) is 0 Å². The van der Waals surface area contributed by atoms with Crippen LogP contribution >= 0.6 is 0 Å². The van der Waals surface area contributed by atoms with Crippen LogP contribution < -0.4 is 5.32 Å². The van der Waals surface area contributed by atoms with Crippen molar-refractivity contribution in [3.05, 3.63) is 36.5 Å². The van der Waals surface area contributed by atoms with E-state index in [9.17, 15) is 45.6 Å². The number of carbonyl (C=O) groups excluding carboxylic acids is 1. The lowest BCUT2D eigenvalue weighted by Crippen LogP contribution is -2.65. The molecule has 9 N–H and O–H groups in total. The molecule has 0 aromatic rings. The normalized spacial score (nSPS) is 22.5. The van der Waals surface area contributed by atoms with Crippen LogP contribution in [0.5, 0.6) is 0 Å². The lowest BCUT2D eigenvalue weighted by molar-refractivity contribution is -0.359. The smallest absolute Gasteiger partial charge is 0.220 e. The van der Waals surface area contributed by atoms with Crippen molar-refractivity contribution in [2.24, 2.45) is 0 Å². The predicted octanol–water partition coefficient (Wildman–Crippen LogP) is 18.4. The van der Waals surface area contributed by atoms with Gasteiger partial charge in [0.1, 0.15) is 48.8 Å². The highest BCUT2D eigenvalue weighted by molar-refractivity contribution is 5.76. The predicted molar refractivity (Wildman–Crippen MR) is 392 cm³/mol. The lowest BCUT2D eigenvalue weighted by Gasteiger charge is -2.46. The molecule has 12 unspecified atom stereocenters. The second-order valence-corrected chi connectivity index (χ2v) is 28.9. The van der Waals surface area contributed by atoms with E-state index in [1.54, 1.807) is 0 Å². The number of aliphatic hydroxyl groups excluding tert-OH is 8. The Hall–Kier alpha value is -1.79. The van der Waals surface area contributed by atoms with Crippen molar-refractivity contribution in [3.8, 4) is 0 Å². The lowest BCUT2D eigenvalue weighted by atomic mass is 9.97. The summed E-state index contributed by atoms with van der Waals surface area (Å²) in [6, 6.07) is -0.830. The first-order valence-electron chi connectivity index (χ1n) is 40.7. The third kappa shape index (κ3) is 48.6. The second-order valence-electron chi connectivity index (χ2n) is 28.9. The van der Waals surface area contributed by atoms with Gasteiger partial charge in [-0.05, 0) is 51.4 Å². The molecule has 560 valence electrons. The fourth-order valence-corrected chi connectivity index (χ4v) is 13.7. The first kappa shape index (κ1) is 89.3. The highest BCUT2D eigenvalue weighted by atomic mass is 16.7. The minimum Gasteiger partial charge on any atom is -0.394 e. The molecule has 2 aliphatic rings. The zero-order chi connectivity index (χ0) is 68.7. The number of allylic oxidation sites excluding steroid dienone is 6. The molecule has 0 spiro atoms. The van der Waals surface area contributed by atoms with Crippen molar-refractivity contribution in [1.29, 1.82) is 0 Å². The molecule has 2 saturated heterocycles. The van der Waals surface area contributed by atoms with Crippen molar-refractivity contribution >= 4 is 5.91 Å². The van der Waals surface area contributed by atoms with E-state index < -0.39 is 86.8 Å². The molecule has 0 saturated carbocycles. The van der Waals surface area contributed by atoms with Gasteiger partial charge in [-0.2, -0.15) is 0 Å². The van der Waals surface area contributed by atoms with Crippen molar-refractivity contribution < 1.29 is 64.6 Å². The zero-order valence-electron chi connectivity index (χ0n) is 61.4. The number of carbonyl (C=O) groups is 1. The van der Waals surface area contributed by atoms with Crippen LogP contribution in [-0.2, 0) is 23.7 Å².